The van der Waals surface area contributed by atoms with Gasteiger partial charge in [-0.3, -0.25) is 4.79 Å². The van der Waals surface area contributed by atoms with Crippen LogP contribution in [0.4, 0.5) is 5.69 Å². The molecule has 1 aliphatic heterocycles. The maximum Gasteiger partial charge on any atom is 0.282 e. The standard InChI is InChI=1S/C19H31N3O5S/c1-5-26-17-8-7-16(13-18(17)27-6-2)20-19(23)14-21(4)28(24,25)22-11-9-15(3)10-12-22/h7-8,13,15H,5-6,9-12,14H2,1-4H3,(H,20,23). The summed E-state index contributed by atoms with van der Waals surface area (Å²) in [5.74, 6) is 1.24. The second kappa shape index (κ2) is 10.1. The lowest BCUT2D eigenvalue weighted by atomic mass is 10.0. The first-order chi connectivity index (χ1) is 13.3. The largest absolute Gasteiger partial charge is 0.490 e. The van der Waals surface area contributed by atoms with Crippen LogP contribution in [0.3, 0.4) is 0 Å². The van der Waals surface area contributed by atoms with Crippen LogP contribution >= 0.6 is 0 Å². The molecule has 28 heavy (non-hydrogen) atoms. The molecule has 9 heteroatoms. The maximum atomic E-state index is 12.7. The number of piperidine rings is 1. The first kappa shape index (κ1) is 22.4. The van der Waals surface area contributed by atoms with Gasteiger partial charge < -0.3 is 14.8 Å². The monoisotopic (exact) mass is 413 g/mol. The van der Waals surface area contributed by atoms with Gasteiger partial charge in [0.05, 0.1) is 19.8 Å². The molecule has 8 nitrogen and oxygen atoms in total. The maximum absolute atomic E-state index is 12.7. The topological polar surface area (TPSA) is 88.2 Å². The van der Waals surface area contributed by atoms with Gasteiger partial charge in [0.1, 0.15) is 0 Å². The summed E-state index contributed by atoms with van der Waals surface area (Å²) in [6.07, 6.45) is 1.68. The van der Waals surface area contributed by atoms with E-state index >= 15 is 0 Å². The number of benzene rings is 1. The predicted octanol–water partition coefficient (Wildman–Crippen LogP) is 2.33. The third kappa shape index (κ3) is 5.83. The number of carbonyl (C=O) groups excluding carboxylic acids is 1. The molecule has 1 aromatic rings. The molecule has 1 aliphatic rings. The van der Waals surface area contributed by atoms with Crippen molar-refractivity contribution < 1.29 is 22.7 Å². The van der Waals surface area contributed by atoms with E-state index in [4.69, 9.17) is 9.47 Å². The summed E-state index contributed by atoms with van der Waals surface area (Å²) in [7, 11) is -2.22. The summed E-state index contributed by atoms with van der Waals surface area (Å²) >= 11 is 0. The third-order valence-corrected chi connectivity index (χ3v) is 6.59. The lowest BCUT2D eigenvalue weighted by molar-refractivity contribution is -0.116. The molecule has 1 heterocycles. The third-order valence-electron chi connectivity index (χ3n) is 4.66. The molecular formula is C19H31N3O5S. The Hall–Kier alpha value is -1.84. The van der Waals surface area contributed by atoms with Crippen LogP contribution in [-0.4, -0.2) is 62.8 Å². The minimum atomic E-state index is -3.64. The molecule has 0 bridgehead atoms. The number of nitrogens with zero attached hydrogens (tertiary/aromatic N) is 2. The van der Waals surface area contributed by atoms with Crippen LogP contribution in [0.15, 0.2) is 18.2 Å². The van der Waals surface area contributed by atoms with Crippen molar-refractivity contribution in [2.75, 3.05) is 45.2 Å². The molecule has 1 aromatic carbocycles. The number of rotatable bonds is 9. The fraction of sp³-hybridized carbons (Fsp3) is 0.632. The second-order valence-corrected chi connectivity index (χ2v) is 8.96. The van der Waals surface area contributed by atoms with Crippen molar-refractivity contribution in [3.05, 3.63) is 18.2 Å². The summed E-state index contributed by atoms with van der Waals surface area (Å²) in [4.78, 5) is 12.4. The summed E-state index contributed by atoms with van der Waals surface area (Å²) in [5.41, 5.74) is 0.523. The molecule has 1 N–H and O–H groups in total. The lowest BCUT2D eigenvalue weighted by Gasteiger charge is -2.32. The van der Waals surface area contributed by atoms with E-state index in [0.29, 0.717) is 49.4 Å². The van der Waals surface area contributed by atoms with E-state index in [-0.39, 0.29) is 6.54 Å². The first-order valence-electron chi connectivity index (χ1n) is 9.68. The van der Waals surface area contributed by atoms with E-state index in [0.717, 1.165) is 17.1 Å². The fourth-order valence-corrected chi connectivity index (χ4v) is 4.37. The normalized spacial score (nSPS) is 16.2. The molecule has 1 amide bonds. The van der Waals surface area contributed by atoms with Gasteiger partial charge in [0.2, 0.25) is 5.91 Å². The number of ether oxygens (including phenoxy) is 2. The van der Waals surface area contributed by atoms with Crippen molar-refractivity contribution in [1.29, 1.82) is 0 Å². The van der Waals surface area contributed by atoms with E-state index in [1.165, 1.54) is 11.4 Å². The molecule has 1 saturated heterocycles. The van der Waals surface area contributed by atoms with Crippen LogP contribution in [0.1, 0.15) is 33.6 Å². The number of hydrogen-bond acceptors (Lipinski definition) is 5. The van der Waals surface area contributed by atoms with E-state index < -0.39 is 16.1 Å². The SMILES string of the molecule is CCOc1ccc(NC(=O)CN(C)S(=O)(=O)N2CCC(C)CC2)cc1OCC. The van der Waals surface area contributed by atoms with Gasteiger partial charge in [-0.05, 0) is 44.7 Å². The van der Waals surface area contributed by atoms with E-state index in [1.807, 2.05) is 13.8 Å². The second-order valence-electron chi connectivity index (χ2n) is 6.92. The fourth-order valence-electron chi connectivity index (χ4n) is 3.03. The smallest absolute Gasteiger partial charge is 0.282 e. The van der Waals surface area contributed by atoms with Crippen LogP contribution in [0, 0.1) is 5.92 Å². The van der Waals surface area contributed by atoms with Crippen molar-refractivity contribution in [3.8, 4) is 11.5 Å². The van der Waals surface area contributed by atoms with Gasteiger partial charge in [0.25, 0.3) is 10.2 Å². The highest BCUT2D eigenvalue weighted by molar-refractivity contribution is 7.86. The van der Waals surface area contributed by atoms with Crippen molar-refractivity contribution in [2.24, 2.45) is 5.92 Å². The highest BCUT2D eigenvalue weighted by Crippen LogP contribution is 2.30. The van der Waals surface area contributed by atoms with Crippen molar-refractivity contribution >= 4 is 21.8 Å². The summed E-state index contributed by atoms with van der Waals surface area (Å²) in [6.45, 7) is 7.56. The zero-order chi connectivity index (χ0) is 20.7. The Morgan fingerprint density at radius 3 is 2.39 bits per heavy atom. The van der Waals surface area contributed by atoms with E-state index in [9.17, 15) is 13.2 Å². The van der Waals surface area contributed by atoms with Gasteiger partial charge in [0, 0.05) is 31.9 Å². The van der Waals surface area contributed by atoms with Gasteiger partial charge in [-0.2, -0.15) is 17.0 Å². The molecule has 0 aliphatic carbocycles. The molecular weight excluding hydrogens is 382 g/mol. The van der Waals surface area contributed by atoms with Gasteiger partial charge in [-0.15, -0.1) is 0 Å². The summed E-state index contributed by atoms with van der Waals surface area (Å²) in [5, 5.41) is 2.72. The highest BCUT2D eigenvalue weighted by atomic mass is 32.2. The number of anilines is 1. The summed E-state index contributed by atoms with van der Waals surface area (Å²) < 4.78 is 38.9. The lowest BCUT2D eigenvalue weighted by Crippen LogP contribution is -2.47. The molecule has 0 aromatic heterocycles. The average molecular weight is 414 g/mol. The average Bonchev–Trinajstić information content (AvgIpc) is 2.64. The van der Waals surface area contributed by atoms with Crippen LogP contribution in [0.5, 0.6) is 11.5 Å². The van der Waals surface area contributed by atoms with Gasteiger partial charge >= 0.3 is 0 Å². The minimum absolute atomic E-state index is 0.258. The Morgan fingerprint density at radius 2 is 1.79 bits per heavy atom. The van der Waals surface area contributed by atoms with E-state index in [2.05, 4.69) is 12.2 Å². The Kier molecular flexibility index (Phi) is 8.09. The Labute approximate surface area is 168 Å². The molecule has 2 rings (SSSR count). The zero-order valence-corrected chi connectivity index (χ0v) is 17.9. The summed E-state index contributed by atoms with van der Waals surface area (Å²) in [6, 6.07) is 5.10. The molecule has 0 spiro atoms. The number of hydrogen-bond donors (Lipinski definition) is 1. The zero-order valence-electron chi connectivity index (χ0n) is 17.1. The minimum Gasteiger partial charge on any atom is -0.490 e. The quantitative estimate of drug-likeness (QED) is 0.671. The van der Waals surface area contributed by atoms with Crippen LogP contribution in [0.25, 0.3) is 0 Å². The van der Waals surface area contributed by atoms with Crippen LogP contribution < -0.4 is 14.8 Å². The van der Waals surface area contributed by atoms with Gasteiger partial charge in [-0.1, -0.05) is 6.92 Å². The Bertz CT molecular complexity index is 761. The Morgan fingerprint density at radius 1 is 1.18 bits per heavy atom. The van der Waals surface area contributed by atoms with Crippen LogP contribution in [-0.2, 0) is 15.0 Å². The number of amides is 1. The number of nitrogens with one attached hydrogen (secondary N) is 1. The van der Waals surface area contributed by atoms with Crippen LogP contribution in [0.2, 0.25) is 0 Å². The van der Waals surface area contributed by atoms with E-state index in [1.54, 1.807) is 18.2 Å². The van der Waals surface area contributed by atoms with Gasteiger partial charge in [-0.25, -0.2) is 0 Å². The molecule has 0 radical (unpaired) electrons. The van der Waals surface area contributed by atoms with Crippen molar-refractivity contribution in [3.63, 3.8) is 0 Å². The van der Waals surface area contributed by atoms with Crippen molar-refractivity contribution in [1.82, 2.24) is 8.61 Å². The molecule has 0 unspecified atom stereocenters. The molecule has 0 atom stereocenters. The molecule has 0 saturated carbocycles. The molecule has 158 valence electrons. The van der Waals surface area contributed by atoms with Crippen molar-refractivity contribution in [2.45, 2.75) is 33.6 Å². The first-order valence-corrected chi connectivity index (χ1v) is 11.1. The van der Waals surface area contributed by atoms with Gasteiger partial charge in [0.15, 0.2) is 11.5 Å². The molecule has 1 fully saturated rings. The Balaban J connectivity index is 2.00. The number of likely N-dealkylation sites (N-methyl/N-ethyl adjacent to an activating group) is 1. The predicted molar refractivity (Wildman–Crippen MR) is 109 cm³/mol. The number of carbonyl (C=O) groups is 1. The highest BCUT2D eigenvalue weighted by Gasteiger charge is 2.30.